The zero-order chi connectivity index (χ0) is 17.9. The normalized spacial score (nSPS) is 9.48. The number of rotatable bonds is 4. The fourth-order valence-corrected chi connectivity index (χ4v) is 2.72. The van der Waals surface area contributed by atoms with Crippen molar-refractivity contribution >= 4 is 0 Å². The van der Waals surface area contributed by atoms with Gasteiger partial charge < -0.3 is 0 Å². The summed E-state index contributed by atoms with van der Waals surface area (Å²) >= 11 is 0. The Balaban J connectivity index is 0.000000320. The molecule has 0 nitrogen and oxygen atoms in total. The summed E-state index contributed by atoms with van der Waals surface area (Å²) in [6.45, 7) is 0. The van der Waals surface area contributed by atoms with Gasteiger partial charge in [0.25, 0.3) is 0 Å². The molecule has 0 spiro atoms. The van der Waals surface area contributed by atoms with Gasteiger partial charge in [0.2, 0.25) is 0 Å². The Bertz CT molecular complexity index is 767. The Hall–Kier alpha value is -2.02. The summed E-state index contributed by atoms with van der Waals surface area (Å²) in [4.78, 5) is 0. The number of hydrogen-bond acceptors (Lipinski definition) is 0. The summed E-state index contributed by atoms with van der Waals surface area (Å²) in [6, 6.07) is 43.3. The maximum Gasteiger partial charge on any atom is 0 e. The molecule has 0 fully saturated rings. The largest absolute Gasteiger partial charge is 0.184 e. The first-order valence-corrected chi connectivity index (χ1v) is 8.88. The molecule has 0 saturated carbocycles. The van der Waals surface area contributed by atoms with E-state index in [9.17, 15) is 0 Å². The molecular weight excluding hydrogens is 401 g/mol. The Labute approximate surface area is 188 Å². The molecule has 4 aromatic rings. The van der Waals surface area contributed by atoms with Gasteiger partial charge in [-0.25, -0.2) is 0 Å². The molecule has 1 heteroatoms. The van der Waals surface area contributed by atoms with E-state index >= 15 is 0 Å². The van der Waals surface area contributed by atoms with Crippen LogP contribution < -0.4 is 0 Å². The second-order valence-electron chi connectivity index (χ2n) is 6.14. The summed E-state index contributed by atoms with van der Waals surface area (Å²) < 4.78 is 0. The van der Waals surface area contributed by atoms with Crippen LogP contribution in [0.1, 0.15) is 22.3 Å². The number of hydrogen-bond donors (Lipinski definition) is 0. The van der Waals surface area contributed by atoms with Crippen molar-refractivity contribution in [2.45, 2.75) is 12.8 Å². The van der Waals surface area contributed by atoms with E-state index in [1.54, 1.807) is 0 Å². The van der Waals surface area contributed by atoms with Crippen molar-refractivity contribution in [2.75, 3.05) is 0 Å². The van der Waals surface area contributed by atoms with Gasteiger partial charge in [0.1, 0.15) is 0 Å². The SMILES string of the molecule is [Y].[c-]1ccc(Cc2ccc(Cc3ccccc3)cc2)cc1.[c-]1ccccc1. The van der Waals surface area contributed by atoms with Crippen LogP contribution in [0.4, 0.5) is 0 Å². The van der Waals surface area contributed by atoms with Crippen LogP contribution in [0.25, 0.3) is 0 Å². The van der Waals surface area contributed by atoms with Gasteiger partial charge >= 0.3 is 0 Å². The van der Waals surface area contributed by atoms with Gasteiger partial charge in [-0.2, -0.15) is 72.3 Å². The van der Waals surface area contributed by atoms with E-state index in [1.165, 1.54) is 22.3 Å². The van der Waals surface area contributed by atoms with Crippen LogP contribution in [-0.4, -0.2) is 0 Å². The Morgan fingerprint density at radius 1 is 0.407 bits per heavy atom. The smallest absolute Gasteiger partial charge is 0 e. The summed E-state index contributed by atoms with van der Waals surface area (Å²) in [5.41, 5.74) is 5.41. The zero-order valence-corrected chi connectivity index (χ0v) is 18.2. The van der Waals surface area contributed by atoms with E-state index in [0.717, 1.165) is 12.8 Å². The van der Waals surface area contributed by atoms with Crippen molar-refractivity contribution < 1.29 is 32.7 Å². The third kappa shape index (κ3) is 8.03. The average molecular weight is 423 g/mol. The summed E-state index contributed by atoms with van der Waals surface area (Å²) in [5, 5.41) is 0. The van der Waals surface area contributed by atoms with Crippen molar-refractivity contribution in [1.82, 2.24) is 0 Å². The van der Waals surface area contributed by atoms with E-state index in [0.29, 0.717) is 0 Å². The molecule has 27 heavy (non-hydrogen) atoms. The molecule has 0 heterocycles. The Morgan fingerprint density at radius 3 is 1.26 bits per heavy atom. The summed E-state index contributed by atoms with van der Waals surface area (Å²) in [6.07, 6.45) is 1.99. The van der Waals surface area contributed by atoms with E-state index in [1.807, 2.05) is 42.5 Å². The van der Waals surface area contributed by atoms with Gasteiger partial charge in [0.05, 0.1) is 0 Å². The predicted octanol–water partition coefficient (Wildman–Crippen LogP) is 6.15. The minimum absolute atomic E-state index is 0. The van der Waals surface area contributed by atoms with Crippen LogP contribution in [0.3, 0.4) is 0 Å². The van der Waals surface area contributed by atoms with E-state index < -0.39 is 0 Å². The summed E-state index contributed by atoms with van der Waals surface area (Å²) in [7, 11) is 0. The molecule has 131 valence electrons. The van der Waals surface area contributed by atoms with Gasteiger partial charge in [-0.05, 0) is 29.5 Å². The topological polar surface area (TPSA) is 0 Å². The molecule has 0 aliphatic rings. The summed E-state index contributed by atoms with van der Waals surface area (Å²) in [5.74, 6) is 0. The van der Waals surface area contributed by atoms with Crippen LogP contribution in [0.2, 0.25) is 0 Å². The third-order valence-electron chi connectivity index (χ3n) is 4.08. The van der Waals surface area contributed by atoms with Crippen molar-refractivity contribution in [3.8, 4) is 0 Å². The minimum Gasteiger partial charge on any atom is -0.184 e. The molecule has 4 rings (SSSR count). The van der Waals surface area contributed by atoms with E-state index in [-0.39, 0.29) is 32.7 Å². The van der Waals surface area contributed by atoms with Crippen molar-refractivity contribution in [3.05, 3.63) is 144 Å². The van der Waals surface area contributed by atoms with Gasteiger partial charge in [0.15, 0.2) is 0 Å². The molecule has 0 atom stereocenters. The quantitative estimate of drug-likeness (QED) is 0.345. The maximum absolute atomic E-state index is 3.05. The molecule has 0 bridgehead atoms. The molecule has 0 saturated heterocycles. The van der Waals surface area contributed by atoms with Crippen LogP contribution >= 0.6 is 0 Å². The minimum atomic E-state index is 0. The van der Waals surface area contributed by atoms with E-state index in [4.69, 9.17) is 0 Å². The molecule has 0 N–H and O–H groups in total. The first-order chi connectivity index (χ1) is 12.9. The molecular formula is C26H22Y-2. The van der Waals surface area contributed by atoms with Crippen molar-refractivity contribution in [3.63, 3.8) is 0 Å². The fraction of sp³-hybridized carbons (Fsp3) is 0.0769. The van der Waals surface area contributed by atoms with Crippen LogP contribution in [-0.2, 0) is 45.6 Å². The van der Waals surface area contributed by atoms with Crippen molar-refractivity contribution in [1.29, 1.82) is 0 Å². The monoisotopic (exact) mass is 423 g/mol. The second-order valence-corrected chi connectivity index (χ2v) is 6.14. The molecule has 0 unspecified atom stereocenters. The fourth-order valence-electron chi connectivity index (χ4n) is 2.72. The van der Waals surface area contributed by atoms with Gasteiger partial charge in [-0.1, -0.05) is 54.6 Å². The molecule has 0 aliphatic heterocycles. The number of benzene rings is 4. The first kappa shape index (κ1) is 21.3. The Morgan fingerprint density at radius 2 is 0.815 bits per heavy atom. The molecule has 0 aliphatic carbocycles. The maximum atomic E-state index is 3.05. The zero-order valence-electron chi connectivity index (χ0n) is 15.4. The standard InChI is InChI=1S/C20H17.C6H5.Y/c1-3-7-17(8-4-1)15-19-11-13-20(14-12-19)16-18-9-5-2-6-10-18;1-2-4-6-5-3-1;/h1,3-14H,15-16H2;1-5H;/q2*-1;. The van der Waals surface area contributed by atoms with E-state index in [2.05, 4.69) is 78.9 Å². The van der Waals surface area contributed by atoms with Crippen LogP contribution in [0.15, 0.2) is 109 Å². The van der Waals surface area contributed by atoms with Crippen LogP contribution in [0.5, 0.6) is 0 Å². The average Bonchev–Trinajstić information content (AvgIpc) is 2.73. The molecule has 0 aromatic heterocycles. The van der Waals surface area contributed by atoms with Crippen LogP contribution in [0, 0.1) is 12.1 Å². The second kappa shape index (κ2) is 12.4. The molecule has 1 radical (unpaired) electrons. The molecule has 0 amide bonds. The first-order valence-electron chi connectivity index (χ1n) is 8.88. The van der Waals surface area contributed by atoms with Gasteiger partial charge in [-0.15, -0.1) is 0 Å². The van der Waals surface area contributed by atoms with Gasteiger partial charge in [-0.3, -0.25) is 0 Å². The van der Waals surface area contributed by atoms with Crippen molar-refractivity contribution in [2.24, 2.45) is 0 Å². The Kier molecular flexibility index (Phi) is 9.76. The third-order valence-corrected chi connectivity index (χ3v) is 4.08. The molecule has 4 aromatic carbocycles. The predicted molar refractivity (Wildman–Crippen MR) is 109 cm³/mol. The van der Waals surface area contributed by atoms with Gasteiger partial charge in [0, 0.05) is 32.7 Å².